The van der Waals surface area contributed by atoms with Gasteiger partial charge in [0.2, 0.25) is 10.0 Å². The van der Waals surface area contributed by atoms with Gasteiger partial charge in [0, 0.05) is 33.2 Å². The zero-order valence-corrected chi connectivity index (χ0v) is 18.0. The van der Waals surface area contributed by atoms with Gasteiger partial charge in [-0.25, -0.2) is 13.4 Å². The van der Waals surface area contributed by atoms with E-state index in [9.17, 15) is 8.42 Å². The summed E-state index contributed by atoms with van der Waals surface area (Å²) in [5.74, 6) is 1.06. The molecular formula is C20H24ClN5O2S. The smallest absolute Gasteiger partial charge is 0.229 e. The van der Waals surface area contributed by atoms with Crippen LogP contribution in [0.2, 0.25) is 5.02 Å². The number of halogens is 1. The van der Waals surface area contributed by atoms with Gasteiger partial charge < -0.3 is 9.47 Å². The molecule has 1 aromatic heterocycles. The summed E-state index contributed by atoms with van der Waals surface area (Å²) in [7, 11) is -1.26. The minimum Gasteiger partial charge on any atom is -0.368 e. The third-order valence-corrected chi connectivity index (χ3v) is 6.12. The predicted octanol–water partition coefficient (Wildman–Crippen LogP) is 2.92. The van der Waals surface area contributed by atoms with Gasteiger partial charge in [-0.15, -0.1) is 0 Å². The molecule has 0 radical (unpaired) electrons. The Hall–Kier alpha value is -2.29. The van der Waals surface area contributed by atoms with Crippen LogP contribution in [0.3, 0.4) is 0 Å². The average molecular weight is 434 g/mol. The zero-order chi connectivity index (χ0) is 20.6. The predicted molar refractivity (Wildman–Crippen MR) is 118 cm³/mol. The molecule has 1 fully saturated rings. The Balaban J connectivity index is 1.41. The average Bonchev–Trinajstić information content (AvgIpc) is 2.97. The number of nitrogens with one attached hydrogen (secondary N) is 1. The first-order chi connectivity index (χ1) is 13.8. The maximum Gasteiger partial charge on any atom is 0.229 e. The molecule has 0 unspecified atom stereocenters. The lowest BCUT2D eigenvalue weighted by Crippen LogP contribution is -2.46. The molecule has 0 amide bonds. The van der Waals surface area contributed by atoms with Crippen LogP contribution in [0.25, 0.3) is 11.0 Å². The number of aryl methyl sites for hydroxylation is 1. The van der Waals surface area contributed by atoms with E-state index in [4.69, 9.17) is 16.6 Å². The summed E-state index contributed by atoms with van der Waals surface area (Å²) in [5, 5.41) is 0.544. The fourth-order valence-electron chi connectivity index (χ4n) is 3.72. The van der Waals surface area contributed by atoms with Crippen molar-refractivity contribution in [3.8, 4) is 0 Å². The Bertz CT molecular complexity index is 1140. The van der Waals surface area contributed by atoms with Crippen LogP contribution in [0.15, 0.2) is 42.5 Å². The monoisotopic (exact) mass is 433 g/mol. The van der Waals surface area contributed by atoms with Crippen LogP contribution in [0, 0.1) is 0 Å². The zero-order valence-electron chi connectivity index (χ0n) is 16.5. The number of nitrogens with zero attached hydrogens (tertiary/aromatic N) is 4. The molecule has 4 rings (SSSR count). The van der Waals surface area contributed by atoms with Crippen molar-refractivity contribution in [1.29, 1.82) is 0 Å². The largest absolute Gasteiger partial charge is 0.368 e. The maximum absolute atomic E-state index is 11.4. The lowest BCUT2D eigenvalue weighted by molar-refractivity contribution is 0.242. The third-order valence-electron chi connectivity index (χ3n) is 5.21. The molecule has 2 heterocycles. The molecule has 1 saturated heterocycles. The van der Waals surface area contributed by atoms with E-state index in [1.54, 1.807) is 12.1 Å². The summed E-state index contributed by atoms with van der Waals surface area (Å²) in [5.41, 5.74) is 3.57. The topological polar surface area (TPSA) is 70.5 Å². The van der Waals surface area contributed by atoms with E-state index in [1.807, 2.05) is 24.3 Å². The molecule has 1 aliphatic heterocycles. The molecule has 0 saturated carbocycles. The summed E-state index contributed by atoms with van der Waals surface area (Å²) in [4.78, 5) is 9.40. The quantitative estimate of drug-likeness (QED) is 0.669. The molecule has 0 aliphatic carbocycles. The van der Waals surface area contributed by atoms with Crippen molar-refractivity contribution in [2.45, 2.75) is 6.54 Å². The summed E-state index contributed by atoms with van der Waals surface area (Å²) in [6, 6.07) is 13.5. The van der Waals surface area contributed by atoms with Gasteiger partial charge in [-0.2, -0.15) is 0 Å². The summed E-state index contributed by atoms with van der Waals surface area (Å²) in [6.45, 7) is 4.32. The number of rotatable bonds is 5. The number of sulfonamides is 1. The Morgan fingerprint density at radius 3 is 2.48 bits per heavy atom. The minimum atomic E-state index is -3.32. The first-order valence-corrected chi connectivity index (χ1v) is 11.7. The van der Waals surface area contributed by atoms with Crippen molar-refractivity contribution in [1.82, 2.24) is 14.5 Å². The third kappa shape index (κ3) is 4.49. The Labute approximate surface area is 175 Å². The van der Waals surface area contributed by atoms with Gasteiger partial charge in [-0.1, -0.05) is 23.7 Å². The van der Waals surface area contributed by atoms with Crippen molar-refractivity contribution in [2.24, 2.45) is 7.05 Å². The second-order valence-electron chi connectivity index (χ2n) is 7.38. The number of anilines is 2. The van der Waals surface area contributed by atoms with Crippen molar-refractivity contribution in [3.05, 3.63) is 53.3 Å². The summed E-state index contributed by atoms with van der Waals surface area (Å²) < 4.78 is 27.4. The maximum atomic E-state index is 11.4. The van der Waals surface area contributed by atoms with Gasteiger partial charge in [-0.05, 0) is 30.3 Å². The first kappa shape index (κ1) is 20.0. The first-order valence-electron chi connectivity index (χ1n) is 9.45. The number of aromatic nitrogens is 2. The highest BCUT2D eigenvalue weighted by atomic mass is 35.5. The summed E-state index contributed by atoms with van der Waals surface area (Å²) in [6.07, 6.45) is 1.12. The van der Waals surface area contributed by atoms with E-state index >= 15 is 0 Å². The Kier molecular flexibility index (Phi) is 5.42. The van der Waals surface area contributed by atoms with E-state index in [2.05, 4.69) is 32.2 Å². The van der Waals surface area contributed by atoms with E-state index in [0.29, 0.717) is 10.7 Å². The standard InChI is InChI=1S/C20H24ClN5O2S/c1-24-19-6-4-3-5-17(19)22-20(24)14-25-9-11-26(12-10-25)18-8-7-15(13-16(18)21)23-29(2,27)28/h3-8,13,23H,9-12,14H2,1-2H3. The normalized spacial score (nSPS) is 15.8. The van der Waals surface area contributed by atoms with E-state index in [1.165, 1.54) is 0 Å². The molecule has 2 aromatic carbocycles. The summed E-state index contributed by atoms with van der Waals surface area (Å²) >= 11 is 6.42. The van der Waals surface area contributed by atoms with Crippen LogP contribution >= 0.6 is 11.6 Å². The molecular weight excluding hydrogens is 410 g/mol. The number of benzene rings is 2. The van der Waals surface area contributed by atoms with Gasteiger partial charge in [0.05, 0.1) is 40.2 Å². The second kappa shape index (κ2) is 7.85. The van der Waals surface area contributed by atoms with E-state index < -0.39 is 10.0 Å². The number of hydrogen-bond acceptors (Lipinski definition) is 5. The Morgan fingerprint density at radius 2 is 1.83 bits per heavy atom. The van der Waals surface area contributed by atoms with Gasteiger partial charge >= 0.3 is 0 Å². The molecule has 0 atom stereocenters. The molecule has 9 heteroatoms. The SMILES string of the molecule is Cn1c(CN2CCN(c3ccc(NS(C)(=O)=O)cc3Cl)CC2)nc2ccccc21. The second-order valence-corrected chi connectivity index (χ2v) is 9.54. The van der Waals surface area contributed by atoms with Crippen LogP contribution in [0.5, 0.6) is 0 Å². The van der Waals surface area contributed by atoms with Crippen molar-refractivity contribution in [3.63, 3.8) is 0 Å². The number of para-hydroxylation sites is 2. The highest BCUT2D eigenvalue weighted by molar-refractivity contribution is 7.92. The lowest BCUT2D eigenvalue weighted by Gasteiger charge is -2.36. The van der Waals surface area contributed by atoms with Gasteiger partial charge in [-0.3, -0.25) is 9.62 Å². The highest BCUT2D eigenvalue weighted by Gasteiger charge is 2.21. The Morgan fingerprint density at radius 1 is 1.10 bits per heavy atom. The van der Waals surface area contributed by atoms with Gasteiger partial charge in [0.25, 0.3) is 0 Å². The van der Waals surface area contributed by atoms with Crippen molar-refractivity contribution >= 4 is 44.0 Å². The van der Waals surface area contributed by atoms with Gasteiger partial charge in [0.15, 0.2) is 0 Å². The highest BCUT2D eigenvalue weighted by Crippen LogP contribution is 2.30. The number of piperazine rings is 1. The van der Waals surface area contributed by atoms with Crippen LogP contribution < -0.4 is 9.62 Å². The molecule has 0 bridgehead atoms. The molecule has 0 spiro atoms. The van der Waals surface area contributed by atoms with Crippen LogP contribution in [0.4, 0.5) is 11.4 Å². The van der Waals surface area contributed by atoms with Crippen molar-refractivity contribution < 1.29 is 8.42 Å². The number of hydrogen-bond donors (Lipinski definition) is 1. The van der Waals surface area contributed by atoms with Crippen LogP contribution in [0.1, 0.15) is 5.82 Å². The van der Waals surface area contributed by atoms with Crippen LogP contribution in [-0.4, -0.2) is 55.3 Å². The van der Waals surface area contributed by atoms with Gasteiger partial charge in [0.1, 0.15) is 5.82 Å². The van der Waals surface area contributed by atoms with Crippen LogP contribution in [-0.2, 0) is 23.6 Å². The molecule has 1 aliphatic rings. The molecule has 29 heavy (non-hydrogen) atoms. The van der Waals surface area contributed by atoms with E-state index in [-0.39, 0.29) is 0 Å². The lowest BCUT2D eigenvalue weighted by atomic mass is 10.2. The van der Waals surface area contributed by atoms with E-state index in [0.717, 1.165) is 61.5 Å². The molecule has 3 aromatic rings. The molecule has 154 valence electrons. The molecule has 7 nitrogen and oxygen atoms in total. The fraction of sp³-hybridized carbons (Fsp3) is 0.350. The number of imidazole rings is 1. The van der Waals surface area contributed by atoms with Crippen molar-refractivity contribution in [2.75, 3.05) is 42.1 Å². The minimum absolute atomic E-state index is 0.474. The molecule has 1 N–H and O–H groups in total. The number of fused-ring (bicyclic) bond motifs is 1. The fourth-order valence-corrected chi connectivity index (χ4v) is 4.58.